The van der Waals surface area contributed by atoms with Crippen LogP contribution in [-0.4, -0.2) is 17.7 Å². The molecular weight excluding hydrogens is 765 g/mol. The number of hydrogen-bond acceptors (Lipinski definition) is 2. The Hall–Kier alpha value is -1.67. The van der Waals surface area contributed by atoms with Gasteiger partial charge in [0.2, 0.25) is 0 Å². The van der Waals surface area contributed by atoms with Gasteiger partial charge >= 0.3 is 73.4 Å². The molecule has 2 nitrogen and oxygen atoms in total. The summed E-state index contributed by atoms with van der Waals surface area (Å²) in [5, 5.41) is 0. The van der Waals surface area contributed by atoms with Crippen LogP contribution in [0.3, 0.4) is 0 Å². The van der Waals surface area contributed by atoms with Crippen molar-refractivity contribution < 1.29 is 13.5 Å². The van der Waals surface area contributed by atoms with Crippen molar-refractivity contribution in [3.05, 3.63) is 106 Å². The summed E-state index contributed by atoms with van der Waals surface area (Å²) >= 11 is -1.61. The molecule has 3 aromatic rings. The van der Waals surface area contributed by atoms with E-state index in [9.17, 15) is 0 Å². The van der Waals surface area contributed by atoms with Crippen LogP contribution in [0.1, 0.15) is 135 Å². The molecule has 0 unspecified atom stereocenters. The molecule has 0 N–H and O–H groups in total. The number of benzene rings is 3. The van der Waals surface area contributed by atoms with E-state index < -0.39 is 13.5 Å². The molecule has 0 radical (unpaired) electrons. The van der Waals surface area contributed by atoms with E-state index in [-0.39, 0.29) is 0 Å². The molecule has 0 amide bonds. The summed E-state index contributed by atoms with van der Waals surface area (Å²) in [6.45, 7) is 17.6. The number of aryl methyl sites for hydroxylation is 6. The summed E-state index contributed by atoms with van der Waals surface area (Å²) in [6, 6.07) is 19.0. The van der Waals surface area contributed by atoms with Crippen molar-refractivity contribution in [2.24, 2.45) is 17.8 Å². The summed E-state index contributed by atoms with van der Waals surface area (Å²) in [5.41, 5.74) is 12.0. The molecule has 1 heterocycles. The van der Waals surface area contributed by atoms with Crippen LogP contribution in [0, 0.1) is 71.9 Å². The third-order valence-electron chi connectivity index (χ3n) is 11.9. The maximum absolute atomic E-state index is 5.67. The van der Waals surface area contributed by atoms with Crippen LogP contribution < -0.4 is 9.80 Å². The second-order valence-electron chi connectivity index (χ2n) is 16.2. The average molecular weight is 831 g/mol. The fraction of sp³-hybridized carbons (Fsp3) is 0.553. The van der Waals surface area contributed by atoms with E-state index in [1.54, 1.807) is 38.5 Å². The third-order valence-corrected chi connectivity index (χ3v) is 13.8. The number of hydrogen-bond donors (Lipinski definition) is 0. The van der Waals surface area contributed by atoms with E-state index in [0.29, 0.717) is 0 Å². The maximum atomic E-state index is 5.67. The summed E-state index contributed by atoms with van der Waals surface area (Å²) in [7, 11) is 11.3. The van der Waals surface area contributed by atoms with Crippen molar-refractivity contribution >= 4 is 35.4 Å². The van der Waals surface area contributed by atoms with Crippen molar-refractivity contribution in [3.63, 3.8) is 0 Å². The zero-order chi connectivity index (χ0) is 37.0. The zero-order valence-electron chi connectivity index (χ0n) is 33.1. The van der Waals surface area contributed by atoms with Crippen LogP contribution in [0.4, 0.5) is 11.4 Å². The first kappa shape index (κ1) is 41.5. The number of anilines is 2. The van der Waals surface area contributed by atoms with Gasteiger partial charge in [-0.3, -0.25) is 0 Å². The van der Waals surface area contributed by atoms with Gasteiger partial charge in [-0.15, -0.1) is 0 Å². The molecule has 288 valence electrons. The zero-order valence-corrected chi connectivity index (χ0v) is 36.4. The topological polar surface area (TPSA) is 6.48 Å². The molecule has 52 heavy (non-hydrogen) atoms. The summed E-state index contributed by atoms with van der Waals surface area (Å²) in [5.74, 6) is 5.24. The Kier molecular flexibility index (Phi) is 16.6. The van der Waals surface area contributed by atoms with Gasteiger partial charge in [0.1, 0.15) is 0 Å². The Morgan fingerprint density at radius 2 is 0.904 bits per heavy atom. The van der Waals surface area contributed by atoms with Gasteiger partial charge in [0.05, 0.1) is 0 Å². The van der Waals surface area contributed by atoms with Crippen LogP contribution >= 0.6 is 19.4 Å². The molecule has 3 aliphatic carbocycles. The van der Waals surface area contributed by atoms with E-state index >= 15 is 0 Å². The first-order valence-corrected chi connectivity index (χ1v) is 25.9. The quantitative estimate of drug-likeness (QED) is 0.180. The van der Waals surface area contributed by atoms with Gasteiger partial charge in [-0.2, -0.15) is 24.4 Å². The van der Waals surface area contributed by atoms with Gasteiger partial charge in [-0.25, -0.2) is 0 Å². The van der Waals surface area contributed by atoms with Gasteiger partial charge < -0.3 is 15.7 Å². The van der Waals surface area contributed by atoms with E-state index in [1.807, 2.05) is 34.9 Å². The van der Waals surface area contributed by atoms with Crippen LogP contribution in [-0.2, 0) is 13.5 Å². The first-order valence-electron chi connectivity index (χ1n) is 20.4. The third kappa shape index (κ3) is 11.9. The molecule has 3 aromatic carbocycles. The summed E-state index contributed by atoms with van der Waals surface area (Å²) in [4.78, 5) is 4.81. The van der Waals surface area contributed by atoms with E-state index in [0.717, 1.165) is 36.4 Å². The molecule has 4 aliphatic rings. The summed E-state index contributed by atoms with van der Waals surface area (Å²) in [6.07, 6.45) is 22.9. The van der Waals surface area contributed by atoms with Crippen molar-refractivity contribution in [2.45, 2.75) is 138 Å². The fourth-order valence-corrected chi connectivity index (χ4v) is 11.8. The Morgan fingerprint density at radius 1 is 0.558 bits per heavy atom. The molecule has 5 heteroatoms. The van der Waals surface area contributed by atoms with Crippen LogP contribution in [0.5, 0.6) is 0 Å². The van der Waals surface area contributed by atoms with Gasteiger partial charge in [0, 0.05) is 24.5 Å². The normalized spacial score (nSPS) is 19.1. The monoisotopic (exact) mass is 830 g/mol. The van der Waals surface area contributed by atoms with Crippen molar-refractivity contribution in [1.82, 2.24) is 0 Å². The Labute approximate surface area is 331 Å². The SMILES string of the molecule is C1CCC([C-](C2CCCCC2)C2CCCCC2)CC1.Cc1cc(C)c(N2[CH-]N(c3c(C)cc(C)cc3C)CC2)c(C)c1.[Cl][Ru]([Cl])=[CH]c1ccccc1. The van der Waals surface area contributed by atoms with Crippen molar-refractivity contribution in [1.29, 1.82) is 0 Å². The number of halogens is 2. The van der Waals surface area contributed by atoms with Crippen LogP contribution in [0.15, 0.2) is 54.6 Å². The minimum atomic E-state index is -1.61. The fourth-order valence-electron chi connectivity index (χ4n) is 10.0. The first-order chi connectivity index (χ1) is 25.1. The standard InChI is InChI=1S/C21H27N2.C19H33.C7H6.2ClH.Ru/c1-14-9-16(3)20(17(4)10-14)22-7-8-23(13-22)21-18(5)11-15(2)12-19(21)6;1-4-10-16(11-5-1)19(17-12-6-2-7-13-17)18-14-8-3-9-15-18;1-7-5-3-2-4-6-7;;;/h9-13H,7-8H2,1-6H3;16-18H,1-15H2;1-6H;2*1H;/q2*-1;;;;+2/p-2. The predicted octanol–water partition coefficient (Wildman–Crippen LogP) is 14.0. The second kappa shape index (κ2) is 20.9. The molecule has 0 aromatic heterocycles. The van der Waals surface area contributed by atoms with Gasteiger partial charge in [-0.05, 0) is 63.8 Å². The van der Waals surface area contributed by atoms with Crippen molar-refractivity contribution in [3.8, 4) is 0 Å². The second-order valence-corrected chi connectivity index (χ2v) is 21.9. The Morgan fingerprint density at radius 3 is 1.23 bits per heavy atom. The summed E-state index contributed by atoms with van der Waals surface area (Å²) < 4.78 is 1.92. The van der Waals surface area contributed by atoms with E-state index in [1.165, 1.54) is 103 Å². The predicted molar refractivity (Wildman–Crippen MR) is 227 cm³/mol. The van der Waals surface area contributed by atoms with E-state index in [4.69, 9.17) is 19.4 Å². The molecule has 0 atom stereocenters. The molecule has 0 spiro atoms. The van der Waals surface area contributed by atoms with Crippen molar-refractivity contribution in [2.75, 3.05) is 22.9 Å². The van der Waals surface area contributed by atoms with E-state index in [2.05, 4.69) is 88.2 Å². The molecular formula is C47H66Cl2N2Ru-2. The number of nitrogens with zero attached hydrogens (tertiary/aromatic N) is 2. The molecule has 1 saturated heterocycles. The Balaban J connectivity index is 0.000000162. The minimum absolute atomic E-state index is 1.04. The molecule has 3 saturated carbocycles. The van der Waals surface area contributed by atoms with Gasteiger partial charge in [-0.1, -0.05) is 132 Å². The van der Waals surface area contributed by atoms with Gasteiger partial charge in [0.25, 0.3) is 0 Å². The van der Waals surface area contributed by atoms with Crippen LogP contribution in [0.2, 0.25) is 0 Å². The number of rotatable bonds is 6. The Bertz CT molecular complexity index is 1410. The molecule has 1 aliphatic heterocycles. The van der Waals surface area contributed by atoms with Crippen LogP contribution in [0.25, 0.3) is 0 Å². The molecule has 0 bridgehead atoms. The molecule has 7 rings (SSSR count). The van der Waals surface area contributed by atoms with Gasteiger partial charge in [0.15, 0.2) is 0 Å². The molecule has 4 fully saturated rings. The average Bonchev–Trinajstić information content (AvgIpc) is 3.58.